The van der Waals surface area contributed by atoms with Crippen molar-refractivity contribution in [3.8, 4) is 5.75 Å². The van der Waals surface area contributed by atoms with Crippen LogP contribution in [0.4, 0.5) is 0 Å². The Kier molecular flexibility index (Phi) is 9.40. The quantitative estimate of drug-likeness (QED) is 0.614. The molecule has 2 aromatic carbocycles. The number of rotatable bonds is 9. The molecule has 0 aliphatic carbocycles. The molecule has 0 bridgehead atoms. The van der Waals surface area contributed by atoms with E-state index in [0.717, 1.165) is 5.56 Å². The maximum absolute atomic E-state index is 13.1. The van der Waals surface area contributed by atoms with Gasteiger partial charge in [-0.25, -0.2) is 13.2 Å². The summed E-state index contributed by atoms with van der Waals surface area (Å²) in [5, 5.41) is 0. The third-order valence-corrected chi connectivity index (χ3v) is 5.98. The van der Waals surface area contributed by atoms with Gasteiger partial charge in [0.25, 0.3) is 0 Å². The number of hydrogen-bond acceptors (Lipinski definition) is 6. The molecule has 0 radical (unpaired) electrons. The highest BCUT2D eigenvalue weighted by Gasteiger charge is 2.26. The summed E-state index contributed by atoms with van der Waals surface area (Å²) in [5.74, 6) is -0.422. The van der Waals surface area contributed by atoms with Gasteiger partial charge in [0.2, 0.25) is 10.0 Å². The Hall–Kier alpha value is -2.13. The maximum atomic E-state index is 13.1. The van der Waals surface area contributed by atoms with Gasteiger partial charge < -0.3 is 15.2 Å². The number of hydrogen-bond donors (Lipinski definition) is 1. The summed E-state index contributed by atoms with van der Waals surface area (Å²) in [4.78, 5) is 11.9. The molecule has 2 aromatic rings. The van der Waals surface area contributed by atoms with Crippen molar-refractivity contribution in [3.63, 3.8) is 0 Å². The molecule has 2 N–H and O–H groups in total. The van der Waals surface area contributed by atoms with Crippen molar-refractivity contribution in [1.29, 1.82) is 0 Å². The van der Waals surface area contributed by atoms with Crippen molar-refractivity contribution in [2.45, 2.75) is 11.3 Å². The highest BCUT2D eigenvalue weighted by molar-refractivity contribution is 7.89. The molecule has 0 aliphatic heterocycles. The number of benzene rings is 2. The molecule has 0 saturated heterocycles. The summed E-state index contributed by atoms with van der Waals surface area (Å²) < 4.78 is 37.3. The fourth-order valence-electron chi connectivity index (χ4n) is 2.66. The number of ether oxygens (including phenoxy) is 2. The van der Waals surface area contributed by atoms with E-state index < -0.39 is 16.0 Å². The smallest absolute Gasteiger partial charge is 0.341 e. The van der Waals surface area contributed by atoms with Crippen molar-refractivity contribution in [1.82, 2.24) is 4.31 Å². The molecular weight excluding hydrogens is 404 g/mol. The lowest BCUT2D eigenvalue weighted by Gasteiger charge is -2.22. The number of nitrogens with zero attached hydrogens (tertiary/aromatic N) is 1. The first-order valence-electron chi connectivity index (χ1n) is 8.44. The third kappa shape index (κ3) is 5.68. The van der Waals surface area contributed by atoms with Crippen LogP contribution in [0.15, 0.2) is 53.4 Å². The maximum Gasteiger partial charge on any atom is 0.341 e. The Balaban J connectivity index is 0.00000392. The van der Waals surface area contributed by atoms with Gasteiger partial charge in [-0.3, -0.25) is 0 Å². The van der Waals surface area contributed by atoms with E-state index in [-0.39, 0.29) is 48.2 Å². The van der Waals surface area contributed by atoms with E-state index in [0.29, 0.717) is 6.42 Å². The summed E-state index contributed by atoms with van der Waals surface area (Å²) in [7, 11) is -1.21. The van der Waals surface area contributed by atoms with Crippen LogP contribution in [0.5, 0.6) is 5.75 Å². The minimum atomic E-state index is -3.83. The summed E-state index contributed by atoms with van der Waals surface area (Å²) in [6.45, 7) is 0.645. The first kappa shape index (κ1) is 23.9. The van der Waals surface area contributed by atoms with E-state index in [1.54, 1.807) is 0 Å². The zero-order valence-electron chi connectivity index (χ0n) is 15.8. The lowest BCUT2D eigenvalue weighted by Crippen LogP contribution is -2.37. The Morgan fingerprint density at radius 3 is 2.32 bits per heavy atom. The molecule has 0 atom stereocenters. The molecule has 0 amide bonds. The average molecular weight is 429 g/mol. The van der Waals surface area contributed by atoms with Crippen LogP contribution in [0.2, 0.25) is 0 Å². The molecule has 0 fully saturated rings. The standard InChI is InChI=1S/C19H24N2O5S.ClH/c1-25-18-9-8-16(14-17(18)19(22)26-2)27(23,24)21(13-11-20)12-10-15-6-4-3-5-7-15;/h3-9,14H,10-13,20H2,1-2H3;1H. The van der Waals surface area contributed by atoms with Crippen molar-refractivity contribution in [3.05, 3.63) is 59.7 Å². The van der Waals surface area contributed by atoms with Crippen LogP contribution in [0.25, 0.3) is 0 Å². The van der Waals surface area contributed by atoms with Gasteiger partial charge in [-0.1, -0.05) is 30.3 Å². The molecule has 0 spiro atoms. The molecule has 9 heteroatoms. The predicted octanol–water partition coefficient (Wildman–Crippen LogP) is 2.10. The summed E-state index contributed by atoms with van der Waals surface area (Å²) in [5.41, 5.74) is 6.70. The summed E-state index contributed by atoms with van der Waals surface area (Å²) >= 11 is 0. The van der Waals surface area contributed by atoms with Crippen LogP contribution < -0.4 is 10.5 Å². The summed E-state index contributed by atoms with van der Waals surface area (Å²) in [6.07, 6.45) is 0.556. The largest absolute Gasteiger partial charge is 0.496 e. The van der Waals surface area contributed by atoms with Gasteiger partial charge in [0, 0.05) is 19.6 Å². The third-order valence-electron chi connectivity index (χ3n) is 4.09. The monoisotopic (exact) mass is 428 g/mol. The molecule has 2 rings (SSSR count). The zero-order valence-corrected chi connectivity index (χ0v) is 17.5. The molecule has 0 heterocycles. The van der Waals surface area contributed by atoms with Gasteiger partial charge in [-0.15, -0.1) is 12.4 Å². The average Bonchev–Trinajstić information content (AvgIpc) is 2.70. The van der Waals surface area contributed by atoms with E-state index >= 15 is 0 Å². The number of carbonyl (C=O) groups excluding carboxylic acids is 1. The van der Waals surface area contributed by atoms with Crippen LogP contribution in [0, 0.1) is 0 Å². The number of sulfonamides is 1. The molecule has 0 saturated carbocycles. The van der Waals surface area contributed by atoms with E-state index in [1.165, 1.54) is 36.7 Å². The summed E-state index contributed by atoms with van der Waals surface area (Å²) in [6, 6.07) is 13.7. The highest BCUT2D eigenvalue weighted by atomic mass is 35.5. The number of carbonyl (C=O) groups is 1. The van der Waals surface area contributed by atoms with Crippen molar-refractivity contribution in [2.75, 3.05) is 33.9 Å². The van der Waals surface area contributed by atoms with Crippen LogP contribution in [0.1, 0.15) is 15.9 Å². The number of halogens is 1. The van der Waals surface area contributed by atoms with E-state index in [2.05, 4.69) is 0 Å². The van der Waals surface area contributed by atoms with Gasteiger partial charge in [0.05, 0.1) is 19.1 Å². The lowest BCUT2D eigenvalue weighted by atomic mass is 10.1. The fraction of sp³-hybridized carbons (Fsp3) is 0.316. The van der Waals surface area contributed by atoms with Crippen LogP contribution in [0.3, 0.4) is 0 Å². The topological polar surface area (TPSA) is 98.9 Å². The van der Waals surface area contributed by atoms with Gasteiger partial charge >= 0.3 is 5.97 Å². The van der Waals surface area contributed by atoms with E-state index in [1.807, 2.05) is 30.3 Å². The van der Waals surface area contributed by atoms with Crippen molar-refractivity contribution in [2.24, 2.45) is 5.73 Å². The number of nitrogens with two attached hydrogens (primary N) is 1. The SMILES string of the molecule is COC(=O)c1cc(S(=O)(=O)N(CCN)CCc2ccccc2)ccc1OC.Cl. The van der Waals surface area contributed by atoms with E-state index in [4.69, 9.17) is 15.2 Å². The molecule has 28 heavy (non-hydrogen) atoms. The fourth-order valence-corrected chi connectivity index (χ4v) is 4.14. The second-order valence-electron chi connectivity index (χ2n) is 5.78. The predicted molar refractivity (Wildman–Crippen MR) is 110 cm³/mol. The zero-order chi connectivity index (χ0) is 19.9. The first-order valence-corrected chi connectivity index (χ1v) is 9.88. The van der Waals surface area contributed by atoms with Crippen molar-refractivity contribution < 1.29 is 22.7 Å². The second-order valence-corrected chi connectivity index (χ2v) is 7.72. The lowest BCUT2D eigenvalue weighted by molar-refractivity contribution is 0.0596. The molecular formula is C19H25ClN2O5S. The Bertz CT molecular complexity index is 875. The normalized spacial score (nSPS) is 11.0. The molecule has 7 nitrogen and oxygen atoms in total. The van der Waals surface area contributed by atoms with Gasteiger partial charge in [0.1, 0.15) is 11.3 Å². The second kappa shape index (κ2) is 11.0. The van der Waals surface area contributed by atoms with Gasteiger partial charge in [-0.05, 0) is 30.2 Å². The minimum absolute atomic E-state index is 0. The van der Waals surface area contributed by atoms with Gasteiger partial charge in [0.15, 0.2) is 0 Å². The van der Waals surface area contributed by atoms with Gasteiger partial charge in [-0.2, -0.15) is 4.31 Å². The number of esters is 1. The van der Waals surface area contributed by atoms with Crippen molar-refractivity contribution >= 4 is 28.4 Å². The number of methoxy groups -OCH3 is 2. The Labute approximate surface area is 171 Å². The van der Waals surface area contributed by atoms with E-state index in [9.17, 15) is 13.2 Å². The van der Waals surface area contributed by atoms with Crippen LogP contribution in [-0.2, 0) is 21.2 Å². The Morgan fingerprint density at radius 1 is 1.07 bits per heavy atom. The molecule has 0 aromatic heterocycles. The molecule has 0 unspecified atom stereocenters. The Morgan fingerprint density at radius 2 is 1.75 bits per heavy atom. The molecule has 0 aliphatic rings. The first-order chi connectivity index (χ1) is 12.9. The highest BCUT2D eigenvalue weighted by Crippen LogP contribution is 2.25. The minimum Gasteiger partial charge on any atom is -0.496 e. The van der Waals surface area contributed by atoms with Crippen LogP contribution in [-0.4, -0.2) is 52.5 Å². The van der Waals surface area contributed by atoms with Crippen LogP contribution >= 0.6 is 12.4 Å². The molecule has 154 valence electrons.